The predicted molar refractivity (Wildman–Crippen MR) is 76.7 cm³/mol. The molecule has 108 valence electrons. The van der Waals surface area contributed by atoms with Crippen LogP contribution in [0.5, 0.6) is 5.75 Å². The molecule has 0 saturated heterocycles. The van der Waals surface area contributed by atoms with Crippen LogP contribution >= 0.6 is 0 Å². The van der Waals surface area contributed by atoms with Gasteiger partial charge in [0.1, 0.15) is 5.75 Å². The molecule has 20 heavy (non-hydrogen) atoms. The molecule has 1 heterocycles. The van der Waals surface area contributed by atoms with Gasteiger partial charge in [-0.15, -0.1) is 10.2 Å². The van der Waals surface area contributed by atoms with E-state index in [1.54, 1.807) is 0 Å². The van der Waals surface area contributed by atoms with E-state index in [4.69, 9.17) is 9.15 Å². The Bertz CT molecular complexity index is 525. The standard InChI is InChI=1S/C15H21N3O2/c1-3-8-16-11-15-18-17-14(20-15)7-9-19-13-6-4-5-12(2)10-13/h4-6,10,16H,3,7-9,11H2,1-2H3. The van der Waals surface area contributed by atoms with Crippen molar-refractivity contribution in [2.45, 2.75) is 33.2 Å². The van der Waals surface area contributed by atoms with Gasteiger partial charge in [0.25, 0.3) is 0 Å². The highest BCUT2D eigenvalue weighted by atomic mass is 16.5. The molecule has 0 atom stereocenters. The molecule has 5 nitrogen and oxygen atoms in total. The molecule has 0 amide bonds. The first-order chi connectivity index (χ1) is 9.78. The van der Waals surface area contributed by atoms with E-state index in [0.717, 1.165) is 18.7 Å². The molecule has 0 unspecified atom stereocenters. The molecule has 0 aliphatic rings. The highest BCUT2D eigenvalue weighted by molar-refractivity contribution is 5.27. The van der Waals surface area contributed by atoms with Crippen molar-refractivity contribution in [3.63, 3.8) is 0 Å². The molecule has 1 aromatic carbocycles. The fourth-order valence-electron chi connectivity index (χ4n) is 1.79. The van der Waals surface area contributed by atoms with Gasteiger partial charge in [0.05, 0.1) is 19.6 Å². The zero-order chi connectivity index (χ0) is 14.2. The minimum Gasteiger partial charge on any atom is -0.493 e. The quantitative estimate of drug-likeness (QED) is 0.750. The normalized spacial score (nSPS) is 10.7. The van der Waals surface area contributed by atoms with Gasteiger partial charge >= 0.3 is 0 Å². The maximum absolute atomic E-state index is 5.66. The molecular weight excluding hydrogens is 254 g/mol. The van der Waals surface area contributed by atoms with Crippen molar-refractivity contribution < 1.29 is 9.15 Å². The zero-order valence-electron chi connectivity index (χ0n) is 12.1. The van der Waals surface area contributed by atoms with Crippen LogP contribution in [0.3, 0.4) is 0 Å². The lowest BCUT2D eigenvalue weighted by Gasteiger charge is -2.04. The maximum atomic E-state index is 5.66. The first-order valence-electron chi connectivity index (χ1n) is 6.99. The summed E-state index contributed by atoms with van der Waals surface area (Å²) in [5, 5.41) is 11.2. The van der Waals surface area contributed by atoms with E-state index in [0.29, 0.717) is 31.4 Å². The van der Waals surface area contributed by atoms with Gasteiger partial charge in [0.15, 0.2) is 0 Å². The lowest BCUT2D eigenvalue weighted by Crippen LogP contribution is -2.13. The fourth-order valence-corrected chi connectivity index (χ4v) is 1.79. The van der Waals surface area contributed by atoms with Gasteiger partial charge in [-0.3, -0.25) is 0 Å². The summed E-state index contributed by atoms with van der Waals surface area (Å²) in [6, 6.07) is 7.98. The Morgan fingerprint density at radius 2 is 2.10 bits per heavy atom. The zero-order valence-corrected chi connectivity index (χ0v) is 12.1. The van der Waals surface area contributed by atoms with Crippen molar-refractivity contribution in [3.05, 3.63) is 41.6 Å². The number of benzene rings is 1. The molecule has 0 spiro atoms. The van der Waals surface area contributed by atoms with Gasteiger partial charge < -0.3 is 14.5 Å². The highest BCUT2D eigenvalue weighted by Crippen LogP contribution is 2.12. The van der Waals surface area contributed by atoms with E-state index in [-0.39, 0.29) is 0 Å². The van der Waals surface area contributed by atoms with E-state index in [2.05, 4.69) is 22.4 Å². The number of hydrogen-bond acceptors (Lipinski definition) is 5. The fraction of sp³-hybridized carbons (Fsp3) is 0.467. The van der Waals surface area contributed by atoms with Crippen LogP contribution in [-0.2, 0) is 13.0 Å². The Kier molecular flexibility index (Phi) is 5.55. The van der Waals surface area contributed by atoms with E-state index in [9.17, 15) is 0 Å². The summed E-state index contributed by atoms with van der Waals surface area (Å²) in [6.45, 7) is 6.27. The third-order valence-electron chi connectivity index (χ3n) is 2.79. The molecule has 2 aromatic rings. The van der Waals surface area contributed by atoms with Gasteiger partial charge in [-0.1, -0.05) is 19.1 Å². The smallest absolute Gasteiger partial charge is 0.230 e. The number of hydrogen-bond donors (Lipinski definition) is 1. The molecule has 5 heteroatoms. The molecule has 0 radical (unpaired) electrons. The van der Waals surface area contributed by atoms with Gasteiger partial charge in [-0.25, -0.2) is 0 Å². The molecule has 0 aliphatic carbocycles. The number of ether oxygens (including phenoxy) is 1. The maximum Gasteiger partial charge on any atom is 0.230 e. The lowest BCUT2D eigenvalue weighted by atomic mass is 10.2. The first-order valence-corrected chi connectivity index (χ1v) is 6.99. The Morgan fingerprint density at radius 1 is 1.25 bits per heavy atom. The van der Waals surface area contributed by atoms with E-state index >= 15 is 0 Å². The van der Waals surface area contributed by atoms with Crippen LogP contribution in [0, 0.1) is 6.92 Å². The Morgan fingerprint density at radius 3 is 2.90 bits per heavy atom. The van der Waals surface area contributed by atoms with Crippen LogP contribution in [0.1, 0.15) is 30.7 Å². The topological polar surface area (TPSA) is 60.2 Å². The SMILES string of the molecule is CCCNCc1nnc(CCOc2cccc(C)c2)o1. The molecule has 1 N–H and O–H groups in total. The second-order valence-electron chi connectivity index (χ2n) is 4.68. The molecule has 0 saturated carbocycles. The Hall–Kier alpha value is -1.88. The molecule has 0 aliphatic heterocycles. The predicted octanol–water partition coefficient (Wildman–Crippen LogP) is 2.50. The Labute approximate surface area is 119 Å². The second-order valence-corrected chi connectivity index (χ2v) is 4.68. The van der Waals surface area contributed by atoms with Gasteiger partial charge in [-0.2, -0.15) is 0 Å². The van der Waals surface area contributed by atoms with Crippen LogP contribution in [-0.4, -0.2) is 23.3 Å². The lowest BCUT2D eigenvalue weighted by molar-refractivity contribution is 0.303. The van der Waals surface area contributed by atoms with Gasteiger partial charge in [0.2, 0.25) is 11.8 Å². The van der Waals surface area contributed by atoms with E-state index < -0.39 is 0 Å². The largest absolute Gasteiger partial charge is 0.493 e. The van der Waals surface area contributed by atoms with Crippen LogP contribution < -0.4 is 10.1 Å². The molecular formula is C15H21N3O2. The summed E-state index contributed by atoms with van der Waals surface area (Å²) in [5.74, 6) is 2.12. The minimum absolute atomic E-state index is 0.535. The summed E-state index contributed by atoms with van der Waals surface area (Å²) < 4.78 is 11.2. The minimum atomic E-state index is 0.535. The number of rotatable bonds is 8. The Balaban J connectivity index is 1.74. The van der Waals surface area contributed by atoms with E-state index in [1.807, 2.05) is 31.2 Å². The van der Waals surface area contributed by atoms with Crippen molar-refractivity contribution in [1.29, 1.82) is 0 Å². The summed E-state index contributed by atoms with van der Waals surface area (Å²) in [4.78, 5) is 0. The van der Waals surface area contributed by atoms with Crippen molar-refractivity contribution in [1.82, 2.24) is 15.5 Å². The molecule has 0 bridgehead atoms. The van der Waals surface area contributed by atoms with Crippen LogP contribution in [0.4, 0.5) is 0 Å². The number of aromatic nitrogens is 2. The molecule has 1 aromatic heterocycles. The third kappa shape index (κ3) is 4.66. The average Bonchev–Trinajstić information content (AvgIpc) is 2.87. The van der Waals surface area contributed by atoms with Gasteiger partial charge in [-0.05, 0) is 37.6 Å². The van der Waals surface area contributed by atoms with Crippen molar-refractivity contribution in [2.75, 3.05) is 13.2 Å². The van der Waals surface area contributed by atoms with Crippen molar-refractivity contribution in [2.24, 2.45) is 0 Å². The molecule has 2 rings (SSSR count). The summed E-state index contributed by atoms with van der Waals surface area (Å²) in [7, 11) is 0. The second kappa shape index (κ2) is 7.65. The van der Waals surface area contributed by atoms with Crippen molar-refractivity contribution in [3.8, 4) is 5.75 Å². The monoisotopic (exact) mass is 275 g/mol. The highest BCUT2D eigenvalue weighted by Gasteiger charge is 2.05. The third-order valence-corrected chi connectivity index (χ3v) is 2.79. The van der Waals surface area contributed by atoms with Crippen LogP contribution in [0.25, 0.3) is 0 Å². The molecule has 0 fully saturated rings. The summed E-state index contributed by atoms with van der Waals surface area (Å²) >= 11 is 0. The summed E-state index contributed by atoms with van der Waals surface area (Å²) in [5.41, 5.74) is 1.18. The van der Waals surface area contributed by atoms with E-state index in [1.165, 1.54) is 5.56 Å². The average molecular weight is 275 g/mol. The summed E-state index contributed by atoms with van der Waals surface area (Å²) in [6.07, 6.45) is 1.71. The van der Waals surface area contributed by atoms with Crippen molar-refractivity contribution >= 4 is 0 Å². The van der Waals surface area contributed by atoms with Crippen LogP contribution in [0.15, 0.2) is 28.7 Å². The van der Waals surface area contributed by atoms with Crippen LogP contribution in [0.2, 0.25) is 0 Å². The number of aryl methyl sites for hydroxylation is 1. The van der Waals surface area contributed by atoms with Gasteiger partial charge in [0, 0.05) is 0 Å². The number of nitrogens with zero attached hydrogens (tertiary/aromatic N) is 2. The first kappa shape index (κ1) is 14.5. The number of nitrogens with one attached hydrogen (secondary N) is 1.